The summed E-state index contributed by atoms with van der Waals surface area (Å²) in [6.45, 7) is 5.03. The Labute approximate surface area is 439 Å². The predicted molar refractivity (Wildman–Crippen MR) is 279 cm³/mol. The number of nitrogens with one attached hydrogen (secondary N) is 2. The SMILES string of the molecule is CCCCCCCCCCCCCCCCCCCCC(C)CCC(=O)SCCNC(=O)CCNC(=O)C(O)C(C)(C)COP(=O)(O)OP(=O)(O)OCC1OC(n2cnc3c(N)ncnc32)C(O)C1OP(=O)(O)O. The third-order valence-corrected chi connectivity index (χ3v) is 16.7. The summed E-state index contributed by atoms with van der Waals surface area (Å²) in [6, 6.07) is 0. The highest BCUT2D eigenvalue weighted by atomic mass is 32.2. The van der Waals surface area contributed by atoms with E-state index in [9.17, 15) is 57.9 Å². The number of carbonyl (C=O) groups excluding carboxylic acids is 3. The van der Waals surface area contributed by atoms with E-state index in [1.807, 2.05) is 0 Å². The van der Waals surface area contributed by atoms with Crippen LogP contribution in [0.5, 0.6) is 0 Å². The zero-order valence-electron chi connectivity index (χ0n) is 43.5. The summed E-state index contributed by atoms with van der Waals surface area (Å²) in [5, 5.41) is 26.8. The Balaban J connectivity index is 1.24. The van der Waals surface area contributed by atoms with E-state index >= 15 is 0 Å². The number of carbonyl (C=O) groups is 3. The molecule has 74 heavy (non-hydrogen) atoms. The van der Waals surface area contributed by atoms with Crippen molar-refractivity contribution in [2.24, 2.45) is 11.3 Å². The average molecular weight is 1130 g/mol. The van der Waals surface area contributed by atoms with Gasteiger partial charge in [0.25, 0.3) is 0 Å². The molecule has 0 spiro atoms. The maximum atomic E-state index is 12.8. The van der Waals surface area contributed by atoms with Crippen LogP contribution in [0.2, 0.25) is 0 Å². The molecule has 0 radical (unpaired) electrons. The van der Waals surface area contributed by atoms with E-state index in [4.69, 9.17) is 19.5 Å². The van der Waals surface area contributed by atoms with Crippen LogP contribution in [0.4, 0.5) is 5.82 Å². The van der Waals surface area contributed by atoms with Crippen LogP contribution in [0.15, 0.2) is 12.7 Å². The lowest BCUT2D eigenvalue weighted by atomic mass is 9.87. The second-order valence-corrected chi connectivity index (χ2v) is 25.1. The number of aliphatic hydroxyl groups is 2. The maximum Gasteiger partial charge on any atom is 0.481 e. The molecular weight excluding hydrogens is 1050 g/mol. The summed E-state index contributed by atoms with van der Waals surface area (Å²) in [7, 11) is -16.4. The summed E-state index contributed by atoms with van der Waals surface area (Å²) in [6.07, 6.45) is 19.8. The number of anilines is 1. The second kappa shape index (κ2) is 33.8. The van der Waals surface area contributed by atoms with Gasteiger partial charge in [0.05, 0.1) is 19.5 Å². The van der Waals surface area contributed by atoms with Crippen LogP contribution in [-0.2, 0) is 50.7 Å². The lowest BCUT2D eigenvalue weighted by Crippen LogP contribution is -2.46. The number of hydrogen-bond donors (Lipinski definition) is 9. The number of nitrogen functional groups attached to an aromatic ring is 1. The average Bonchev–Trinajstić information content (AvgIpc) is 3.89. The highest BCUT2D eigenvalue weighted by Crippen LogP contribution is 2.61. The van der Waals surface area contributed by atoms with Crippen molar-refractivity contribution in [2.75, 3.05) is 37.8 Å². The molecule has 24 nitrogen and oxygen atoms in total. The molecule has 2 amide bonds. The van der Waals surface area contributed by atoms with E-state index in [2.05, 4.69) is 48.3 Å². The van der Waals surface area contributed by atoms with Gasteiger partial charge in [0.1, 0.15) is 36.3 Å². The number of imidazole rings is 1. The lowest BCUT2D eigenvalue weighted by Gasteiger charge is -2.30. The Morgan fingerprint density at radius 2 is 1.38 bits per heavy atom. The molecule has 28 heteroatoms. The van der Waals surface area contributed by atoms with Crippen molar-refractivity contribution >= 4 is 69.1 Å². The first-order chi connectivity index (χ1) is 34.9. The van der Waals surface area contributed by atoms with Gasteiger partial charge in [0.2, 0.25) is 11.8 Å². The minimum Gasteiger partial charge on any atom is -0.386 e. The van der Waals surface area contributed by atoms with E-state index in [0.29, 0.717) is 18.1 Å². The number of phosphoric acid groups is 3. The molecule has 2 aromatic heterocycles. The van der Waals surface area contributed by atoms with Crippen LogP contribution in [-0.4, -0.2) is 123 Å². The number of hydrogen-bond acceptors (Lipinski definition) is 18. The molecule has 426 valence electrons. The molecule has 8 unspecified atom stereocenters. The highest BCUT2D eigenvalue weighted by molar-refractivity contribution is 8.13. The molecule has 0 aliphatic carbocycles. The number of fused-ring (bicyclic) bond motifs is 1. The highest BCUT2D eigenvalue weighted by Gasteiger charge is 2.50. The molecular formula is C46H84N7O17P3S. The minimum atomic E-state index is -5.58. The third kappa shape index (κ3) is 25.8. The first-order valence-electron chi connectivity index (χ1n) is 26.0. The summed E-state index contributed by atoms with van der Waals surface area (Å²) in [4.78, 5) is 88.8. The van der Waals surface area contributed by atoms with Crippen molar-refractivity contribution in [1.29, 1.82) is 0 Å². The van der Waals surface area contributed by atoms with E-state index in [-0.39, 0.29) is 41.6 Å². The van der Waals surface area contributed by atoms with Gasteiger partial charge in [-0.3, -0.25) is 32.5 Å². The van der Waals surface area contributed by atoms with Gasteiger partial charge in [0, 0.05) is 37.1 Å². The fourth-order valence-corrected chi connectivity index (χ4v) is 11.8. The van der Waals surface area contributed by atoms with Gasteiger partial charge >= 0.3 is 23.5 Å². The lowest BCUT2D eigenvalue weighted by molar-refractivity contribution is -0.137. The number of nitrogens with zero attached hydrogens (tertiary/aromatic N) is 4. The Hall–Kier alpha value is -2.44. The number of aromatic nitrogens is 4. The Bertz CT molecular complexity index is 2140. The van der Waals surface area contributed by atoms with E-state index in [1.54, 1.807) is 0 Å². The molecule has 3 heterocycles. The number of thioether (sulfide) groups is 1. The second-order valence-electron chi connectivity index (χ2n) is 19.7. The molecule has 0 saturated carbocycles. The monoisotopic (exact) mass is 1130 g/mol. The van der Waals surface area contributed by atoms with Gasteiger partial charge in [-0.15, -0.1) is 0 Å². The van der Waals surface area contributed by atoms with Crippen molar-refractivity contribution in [1.82, 2.24) is 30.2 Å². The number of nitrogens with two attached hydrogens (primary N) is 1. The fourth-order valence-electron chi connectivity index (χ4n) is 8.27. The minimum absolute atomic E-state index is 0.0344. The van der Waals surface area contributed by atoms with Gasteiger partial charge in [-0.05, 0) is 12.3 Å². The van der Waals surface area contributed by atoms with Crippen molar-refractivity contribution in [3.63, 3.8) is 0 Å². The third-order valence-electron chi connectivity index (χ3n) is 12.7. The summed E-state index contributed by atoms with van der Waals surface area (Å²) >= 11 is 1.16. The van der Waals surface area contributed by atoms with E-state index in [0.717, 1.165) is 41.8 Å². The number of aliphatic hydroxyl groups excluding tert-OH is 2. The Kier molecular flexibility index (Phi) is 30.0. The van der Waals surface area contributed by atoms with Gasteiger partial charge in [-0.25, -0.2) is 28.6 Å². The van der Waals surface area contributed by atoms with Crippen LogP contribution in [0.25, 0.3) is 11.2 Å². The van der Waals surface area contributed by atoms with Crippen molar-refractivity contribution in [2.45, 2.75) is 200 Å². The number of rotatable bonds is 41. The van der Waals surface area contributed by atoms with Gasteiger partial charge in [-0.1, -0.05) is 161 Å². The molecule has 10 N–H and O–H groups in total. The summed E-state index contributed by atoms with van der Waals surface area (Å²) < 4.78 is 62.6. The van der Waals surface area contributed by atoms with E-state index < -0.39 is 84.6 Å². The summed E-state index contributed by atoms with van der Waals surface area (Å²) in [5.74, 6) is -0.552. The van der Waals surface area contributed by atoms with Crippen LogP contribution in [0.1, 0.15) is 175 Å². The molecule has 2 aromatic rings. The number of unbranched alkanes of at least 4 members (excludes halogenated alkanes) is 17. The zero-order valence-corrected chi connectivity index (χ0v) is 47.0. The number of amides is 2. The topological polar surface area (TPSA) is 364 Å². The van der Waals surface area contributed by atoms with Crippen molar-refractivity contribution in [3.8, 4) is 0 Å². The molecule has 8 atom stereocenters. The van der Waals surface area contributed by atoms with Gasteiger partial charge < -0.3 is 50.9 Å². The molecule has 3 rings (SSSR count). The van der Waals surface area contributed by atoms with Gasteiger partial charge in [-0.2, -0.15) is 4.31 Å². The molecule has 0 aromatic carbocycles. The molecule has 1 fully saturated rings. The standard InChI is InChI=1S/C46H84N7O17P3S/c1-5-6-7-8-9-10-11-12-13-14-15-16-17-18-19-20-21-22-23-34(2)24-25-37(55)74-29-28-48-36(54)26-27-49-44(58)41(57)46(3,4)31-67-73(64,65)70-72(62,63)66-30-35-40(69-71(59,60)61)39(56)45(68-35)53-33-52-38-42(47)50-32-51-43(38)53/h32-35,39-41,45,56-57H,5-31H2,1-4H3,(H,48,54)(H,49,58)(H,62,63)(H,64,65)(H2,47,50,51)(H2,59,60,61). The van der Waals surface area contributed by atoms with Crippen LogP contribution in [0, 0.1) is 11.3 Å². The van der Waals surface area contributed by atoms with Gasteiger partial charge in [0.15, 0.2) is 22.8 Å². The molecule has 1 saturated heterocycles. The quantitative estimate of drug-likeness (QED) is 0.0230. The molecule has 1 aliphatic heterocycles. The Morgan fingerprint density at radius 1 is 0.811 bits per heavy atom. The van der Waals surface area contributed by atoms with Crippen molar-refractivity contribution < 1.29 is 80.5 Å². The molecule has 0 bridgehead atoms. The van der Waals surface area contributed by atoms with Crippen LogP contribution in [0.3, 0.4) is 0 Å². The zero-order chi connectivity index (χ0) is 54.8. The Morgan fingerprint density at radius 3 is 1.96 bits per heavy atom. The maximum absolute atomic E-state index is 12.8. The van der Waals surface area contributed by atoms with Crippen molar-refractivity contribution in [3.05, 3.63) is 12.7 Å². The number of phosphoric ester groups is 3. The fraction of sp³-hybridized carbons (Fsp3) is 0.826. The van der Waals surface area contributed by atoms with Crippen LogP contribution >= 0.6 is 35.2 Å². The largest absolute Gasteiger partial charge is 0.481 e. The summed E-state index contributed by atoms with van der Waals surface area (Å²) in [5.41, 5.74) is 4.30. The smallest absolute Gasteiger partial charge is 0.386 e. The first kappa shape index (κ1) is 65.8. The van der Waals surface area contributed by atoms with E-state index in [1.165, 1.54) is 129 Å². The predicted octanol–water partition coefficient (Wildman–Crippen LogP) is 7.51. The normalized spacial score (nSPS) is 19.8. The van der Waals surface area contributed by atoms with Crippen LogP contribution < -0.4 is 16.4 Å². The molecule has 1 aliphatic rings. The first-order valence-corrected chi connectivity index (χ1v) is 31.5. The number of ether oxygens (including phenoxy) is 1.